The van der Waals surface area contributed by atoms with Crippen LogP contribution in [0.1, 0.15) is 5.56 Å². The average molecular weight is 504 g/mol. The molecule has 0 spiro atoms. The number of para-hydroxylation sites is 2. The Labute approximate surface area is 199 Å². The highest BCUT2D eigenvalue weighted by molar-refractivity contribution is 8.26. The second kappa shape index (κ2) is 9.06. The minimum absolute atomic E-state index is 0.0544. The third kappa shape index (κ3) is 4.83. The highest BCUT2D eigenvalue weighted by atomic mass is 32.2. The zero-order valence-electron chi connectivity index (χ0n) is 16.9. The Hall–Kier alpha value is -3.06. The smallest absolute Gasteiger partial charge is 0.267 e. The molecule has 170 valence electrons. The third-order valence-electron chi connectivity index (χ3n) is 4.93. The molecule has 12 heteroatoms. The van der Waals surface area contributed by atoms with Crippen molar-refractivity contribution in [3.63, 3.8) is 0 Å². The first-order valence-corrected chi connectivity index (χ1v) is 12.5. The van der Waals surface area contributed by atoms with Gasteiger partial charge in [0.2, 0.25) is 5.91 Å². The van der Waals surface area contributed by atoms with Crippen molar-refractivity contribution >= 4 is 73.1 Å². The van der Waals surface area contributed by atoms with Crippen LogP contribution >= 0.6 is 24.0 Å². The van der Waals surface area contributed by atoms with Crippen LogP contribution in [-0.4, -0.2) is 58.8 Å². The van der Waals surface area contributed by atoms with Crippen molar-refractivity contribution in [3.05, 3.63) is 65.1 Å². The van der Waals surface area contributed by atoms with E-state index >= 15 is 0 Å². The molecular weight excluding hydrogens is 486 g/mol. The van der Waals surface area contributed by atoms with Gasteiger partial charge in [-0.1, -0.05) is 60.4 Å². The van der Waals surface area contributed by atoms with Crippen LogP contribution in [0.3, 0.4) is 0 Å². The number of hydrogen-bond donors (Lipinski definition) is 2. The number of rotatable bonds is 6. The number of hydrogen-bond acceptors (Lipinski definition) is 7. The molecule has 0 saturated carbocycles. The zero-order valence-corrected chi connectivity index (χ0v) is 19.4. The summed E-state index contributed by atoms with van der Waals surface area (Å²) in [6.45, 7) is -0.601. The summed E-state index contributed by atoms with van der Waals surface area (Å²) < 4.78 is 31.3. The van der Waals surface area contributed by atoms with Crippen molar-refractivity contribution < 1.29 is 27.4 Å². The van der Waals surface area contributed by atoms with Gasteiger partial charge < -0.3 is 5.32 Å². The normalized spacial score (nSPS) is 18.2. The lowest BCUT2D eigenvalue weighted by molar-refractivity contribution is -0.122. The van der Waals surface area contributed by atoms with E-state index in [1.165, 1.54) is 4.90 Å². The lowest BCUT2D eigenvalue weighted by atomic mass is 10.1. The van der Waals surface area contributed by atoms with Crippen LogP contribution in [0.15, 0.2) is 59.5 Å². The fourth-order valence-electron chi connectivity index (χ4n) is 3.47. The molecule has 0 bridgehead atoms. The van der Waals surface area contributed by atoms with E-state index in [1.807, 2.05) is 6.07 Å². The Morgan fingerprint density at radius 2 is 1.67 bits per heavy atom. The molecule has 0 atom stereocenters. The summed E-state index contributed by atoms with van der Waals surface area (Å²) >= 11 is 6.08. The van der Waals surface area contributed by atoms with E-state index in [2.05, 4.69) is 5.32 Å². The maximum atomic E-state index is 13.3. The van der Waals surface area contributed by atoms with Crippen molar-refractivity contribution in [2.75, 3.05) is 29.1 Å². The Morgan fingerprint density at radius 1 is 1.00 bits per heavy atom. The molecule has 0 aromatic heterocycles. The van der Waals surface area contributed by atoms with Crippen molar-refractivity contribution in [2.24, 2.45) is 0 Å². The molecule has 0 unspecified atom stereocenters. The summed E-state index contributed by atoms with van der Waals surface area (Å²) in [7, 11) is -4.30. The molecule has 1 fully saturated rings. The molecule has 33 heavy (non-hydrogen) atoms. The number of nitrogens with zero attached hydrogens (tertiary/aromatic N) is 2. The molecule has 2 N–H and O–H groups in total. The first kappa shape index (κ1) is 23.1. The number of thiocarbonyl (C=S) groups is 1. The maximum Gasteiger partial charge on any atom is 0.267 e. The Morgan fingerprint density at radius 3 is 2.36 bits per heavy atom. The number of anilines is 2. The largest absolute Gasteiger partial charge is 0.325 e. The van der Waals surface area contributed by atoms with Gasteiger partial charge in [-0.3, -0.25) is 28.7 Å². The topological polar surface area (TPSA) is 124 Å². The van der Waals surface area contributed by atoms with Crippen LogP contribution in [0.5, 0.6) is 0 Å². The van der Waals surface area contributed by atoms with Gasteiger partial charge in [-0.15, -0.1) is 0 Å². The van der Waals surface area contributed by atoms with Crippen LogP contribution in [0.25, 0.3) is 5.57 Å². The number of nitrogens with one attached hydrogen (secondary N) is 1. The number of carbonyl (C=O) groups is 3. The third-order valence-corrected chi connectivity index (χ3v) is 7.08. The van der Waals surface area contributed by atoms with Gasteiger partial charge >= 0.3 is 0 Å². The van der Waals surface area contributed by atoms with Gasteiger partial charge in [0.15, 0.2) is 0 Å². The monoisotopic (exact) mass is 503 g/mol. The lowest BCUT2D eigenvalue weighted by Crippen LogP contribution is -2.36. The fraction of sp³-hybridized carbons (Fsp3) is 0.143. The minimum Gasteiger partial charge on any atom is -0.325 e. The summed E-state index contributed by atoms with van der Waals surface area (Å²) in [5.41, 5.74) is 1.64. The molecule has 2 aromatic rings. The molecule has 0 radical (unpaired) electrons. The summed E-state index contributed by atoms with van der Waals surface area (Å²) in [5.74, 6) is -2.25. The van der Waals surface area contributed by atoms with Crippen molar-refractivity contribution in [1.82, 2.24) is 4.90 Å². The van der Waals surface area contributed by atoms with Crippen molar-refractivity contribution in [1.29, 1.82) is 0 Å². The molecule has 4 rings (SSSR count). The lowest BCUT2D eigenvalue weighted by Gasteiger charge is -2.16. The predicted octanol–water partition coefficient (Wildman–Crippen LogP) is 2.13. The van der Waals surface area contributed by atoms with Crippen LogP contribution in [0, 0.1) is 0 Å². The number of thioether (sulfide) groups is 1. The summed E-state index contributed by atoms with van der Waals surface area (Å²) in [5, 5.41) is 2.73. The number of benzene rings is 2. The minimum atomic E-state index is -4.30. The molecule has 0 aliphatic carbocycles. The average Bonchev–Trinajstić information content (AvgIpc) is 3.19. The Kier molecular flexibility index (Phi) is 6.34. The first-order valence-electron chi connectivity index (χ1n) is 9.65. The van der Waals surface area contributed by atoms with Gasteiger partial charge in [0.05, 0.1) is 21.9 Å². The SMILES string of the molecule is O=C(CN1C(=O)/C(=C2/SC(=S)N(CCS(=O)(=O)O)C2=O)c2ccccc21)Nc1ccccc1. The highest BCUT2D eigenvalue weighted by Crippen LogP contribution is 2.44. The van der Waals surface area contributed by atoms with Crippen LogP contribution in [0.4, 0.5) is 11.4 Å². The van der Waals surface area contributed by atoms with E-state index in [9.17, 15) is 22.8 Å². The van der Waals surface area contributed by atoms with Gasteiger partial charge in [-0.2, -0.15) is 8.42 Å². The van der Waals surface area contributed by atoms with Gasteiger partial charge in [-0.25, -0.2) is 0 Å². The summed E-state index contributed by atoms with van der Waals surface area (Å²) in [4.78, 5) is 41.3. The quantitative estimate of drug-likeness (QED) is 0.349. The van der Waals surface area contributed by atoms with E-state index in [1.54, 1.807) is 48.5 Å². The number of carbonyl (C=O) groups excluding carboxylic acids is 3. The van der Waals surface area contributed by atoms with Gasteiger partial charge in [-0.05, 0) is 18.2 Å². The standard InChI is InChI=1S/C21H17N3O6S3/c25-16(22-13-6-2-1-3-7-13)12-24-15-9-5-4-8-14(15)17(19(24)26)18-20(27)23(21(31)32-18)10-11-33(28,29)30/h1-9H,10-12H2,(H,22,25)(H,28,29,30)/b18-17+. The summed E-state index contributed by atoms with van der Waals surface area (Å²) in [6.07, 6.45) is 0. The van der Waals surface area contributed by atoms with Gasteiger partial charge in [0, 0.05) is 17.8 Å². The molecular formula is C21H17N3O6S3. The number of amides is 3. The molecule has 3 amide bonds. The maximum absolute atomic E-state index is 13.3. The van der Waals surface area contributed by atoms with E-state index in [4.69, 9.17) is 16.8 Å². The molecule has 2 heterocycles. The predicted molar refractivity (Wildman–Crippen MR) is 129 cm³/mol. The summed E-state index contributed by atoms with van der Waals surface area (Å²) in [6, 6.07) is 15.6. The van der Waals surface area contributed by atoms with E-state index < -0.39 is 33.6 Å². The van der Waals surface area contributed by atoms with Crippen molar-refractivity contribution in [3.8, 4) is 0 Å². The zero-order chi connectivity index (χ0) is 23.8. The molecule has 9 nitrogen and oxygen atoms in total. The molecule has 2 aliphatic rings. The van der Waals surface area contributed by atoms with E-state index in [0.717, 1.165) is 16.7 Å². The second-order valence-corrected chi connectivity index (χ2v) is 10.4. The van der Waals surface area contributed by atoms with E-state index in [-0.39, 0.29) is 27.9 Å². The molecule has 1 saturated heterocycles. The second-order valence-electron chi connectivity index (χ2n) is 7.14. The van der Waals surface area contributed by atoms with Crippen LogP contribution in [-0.2, 0) is 24.5 Å². The molecule has 2 aliphatic heterocycles. The number of fused-ring (bicyclic) bond motifs is 1. The van der Waals surface area contributed by atoms with E-state index in [0.29, 0.717) is 16.9 Å². The van der Waals surface area contributed by atoms with Crippen LogP contribution in [0.2, 0.25) is 0 Å². The highest BCUT2D eigenvalue weighted by Gasteiger charge is 2.42. The Balaban J connectivity index is 1.63. The van der Waals surface area contributed by atoms with Gasteiger partial charge in [0.25, 0.3) is 21.9 Å². The van der Waals surface area contributed by atoms with Crippen molar-refractivity contribution in [2.45, 2.75) is 0 Å². The van der Waals surface area contributed by atoms with Gasteiger partial charge in [0.1, 0.15) is 10.9 Å². The first-order chi connectivity index (χ1) is 15.7. The Bertz CT molecular complexity index is 1310. The fourth-order valence-corrected chi connectivity index (χ4v) is 5.26. The van der Waals surface area contributed by atoms with Crippen LogP contribution < -0.4 is 10.2 Å². The molecule has 2 aromatic carbocycles.